The predicted molar refractivity (Wildman–Crippen MR) is 76.1 cm³/mol. The highest BCUT2D eigenvalue weighted by molar-refractivity contribution is 6.00. The molecule has 0 aliphatic rings. The molecule has 0 fully saturated rings. The third-order valence-corrected chi connectivity index (χ3v) is 2.79. The van der Waals surface area contributed by atoms with Gasteiger partial charge in [-0.15, -0.1) is 0 Å². The third kappa shape index (κ3) is 5.78. The topological polar surface area (TPSA) is 87.7 Å². The first-order valence-electron chi connectivity index (χ1n) is 6.62. The van der Waals surface area contributed by atoms with Gasteiger partial charge in [-0.25, -0.2) is 14.0 Å². The summed E-state index contributed by atoms with van der Waals surface area (Å²) in [5.74, 6) is -2.32. The predicted octanol–water partition coefficient (Wildman–Crippen LogP) is 2.46. The highest BCUT2D eigenvalue weighted by Gasteiger charge is 2.16. The van der Waals surface area contributed by atoms with E-state index in [1.165, 1.54) is 12.1 Å². The van der Waals surface area contributed by atoms with Gasteiger partial charge in [0.15, 0.2) is 0 Å². The number of hydrogen-bond acceptors (Lipinski definition) is 3. The van der Waals surface area contributed by atoms with Gasteiger partial charge in [-0.3, -0.25) is 0 Å². The van der Waals surface area contributed by atoms with Crippen molar-refractivity contribution in [1.29, 1.82) is 0 Å². The molecule has 21 heavy (non-hydrogen) atoms. The zero-order valence-electron chi connectivity index (χ0n) is 11.8. The second-order valence-electron chi connectivity index (χ2n) is 4.40. The van der Waals surface area contributed by atoms with E-state index in [2.05, 4.69) is 10.6 Å². The number of aromatic carboxylic acids is 1. The summed E-state index contributed by atoms with van der Waals surface area (Å²) < 4.78 is 18.3. The van der Waals surface area contributed by atoms with E-state index >= 15 is 0 Å². The number of rotatable bonds is 8. The van der Waals surface area contributed by atoms with E-state index < -0.39 is 23.4 Å². The van der Waals surface area contributed by atoms with Crippen molar-refractivity contribution in [2.24, 2.45) is 0 Å². The molecular weight excluding hydrogens is 279 g/mol. The van der Waals surface area contributed by atoms with Crippen molar-refractivity contribution in [2.45, 2.75) is 19.3 Å². The van der Waals surface area contributed by atoms with Crippen LogP contribution in [0.1, 0.15) is 29.6 Å². The van der Waals surface area contributed by atoms with E-state index in [9.17, 15) is 14.0 Å². The van der Waals surface area contributed by atoms with E-state index in [1.54, 1.807) is 7.11 Å². The van der Waals surface area contributed by atoms with Crippen LogP contribution in [0.2, 0.25) is 0 Å². The van der Waals surface area contributed by atoms with Crippen LogP contribution in [0, 0.1) is 5.82 Å². The lowest BCUT2D eigenvalue weighted by Crippen LogP contribution is -2.30. The minimum Gasteiger partial charge on any atom is -0.478 e. The molecule has 6 nitrogen and oxygen atoms in total. The Labute approximate surface area is 122 Å². The van der Waals surface area contributed by atoms with Gasteiger partial charge in [0.05, 0.1) is 5.69 Å². The Morgan fingerprint density at radius 2 is 2.05 bits per heavy atom. The number of ether oxygens (including phenoxy) is 1. The first kappa shape index (κ1) is 16.9. The summed E-state index contributed by atoms with van der Waals surface area (Å²) in [7, 11) is 1.63. The Morgan fingerprint density at radius 1 is 1.29 bits per heavy atom. The number of nitrogens with one attached hydrogen (secondary N) is 2. The van der Waals surface area contributed by atoms with Gasteiger partial charge in [-0.05, 0) is 31.4 Å². The zero-order chi connectivity index (χ0) is 15.7. The molecule has 2 amide bonds. The van der Waals surface area contributed by atoms with Crippen molar-refractivity contribution in [1.82, 2.24) is 5.32 Å². The second kappa shape index (κ2) is 8.91. The lowest BCUT2D eigenvalue weighted by atomic mass is 10.1. The third-order valence-electron chi connectivity index (χ3n) is 2.79. The molecule has 0 bridgehead atoms. The summed E-state index contributed by atoms with van der Waals surface area (Å²) in [5.41, 5.74) is -0.618. The molecule has 0 aliphatic heterocycles. The minimum absolute atomic E-state index is 0.0700. The summed E-state index contributed by atoms with van der Waals surface area (Å²) in [5, 5.41) is 13.9. The number of urea groups is 1. The van der Waals surface area contributed by atoms with Crippen molar-refractivity contribution in [3.05, 3.63) is 29.6 Å². The Bertz CT molecular complexity index is 494. The summed E-state index contributed by atoms with van der Waals surface area (Å²) >= 11 is 0. The molecule has 7 heteroatoms. The van der Waals surface area contributed by atoms with Crippen LogP contribution in [0.25, 0.3) is 0 Å². The summed E-state index contributed by atoms with van der Waals surface area (Å²) in [4.78, 5) is 22.6. The fourth-order valence-corrected chi connectivity index (χ4v) is 1.76. The fraction of sp³-hybridized carbons (Fsp3) is 0.429. The molecule has 1 aromatic rings. The molecule has 0 aromatic heterocycles. The van der Waals surface area contributed by atoms with E-state index in [0.29, 0.717) is 13.2 Å². The van der Waals surface area contributed by atoms with Crippen LogP contribution in [0.15, 0.2) is 18.2 Å². The van der Waals surface area contributed by atoms with E-state index in [-0.39, 0.29) is 5.69 Å². The van der Waals surface area contributed by atoms with Crippen molar-refractivity contribution in [3.8, 4) is 0 Å². The number of amides is 2. The Morgan fingerprint density at radius 3 is 2.71 bits per heavy atom. The maximum Gasteiger partial charge on any atom is 0.340 e. The maximum atomic E-state index is 13.4. The number of carbonyl (C=O) groups excluding carboxylic acids is 1. The number of carboxylic acids is 1. The van der Waals surface area contributed by atoms with E-state index in [1.807, 2.05) is 0 Å². The molecule has 0 heterocycles. The molecule has 0 aliphatic carbocycles. The lowest BCUT2D eigenvalue weighted by Gasteiger charge is -2.10. The fourth-order valence-electron chi connectivity index (χ4n) is 1.76. The zero-order valence-corrected chi connectivity index (χ0v) is 11.8. The van der Waals surface area contributed by atoms with Gasteiger partial charge in [0.2, 0.25) is 0 Å². The van der Waals surface area contributed by atoms with Crippen LogP contribution >= 0.6 is 0 Å². The summed E-state index contributed by atoms with van der Waals surface area (Å²) in [6.45, 7) is 1.13. The van der Waals surface area contributed by atoms with Gasteiger partial charge >= 0.3 is 12.0 Å². The largest absolute Gasteiger partial charge is 0.478 e. The van der Waals surface area contributed by atoms with Crippen molar-refractivity contribution in [2.75, 3.05) is 25.6 Å². The normalized spacial score (nSPS) is 10.2. The molecular formula is C14H19FN2O4. The van der Waals surface area contributed by atoms with Gasteiger partial charge < -0.3 is 20.5 Å². The van der Waals surface area contributed by atoms with E-state index in [0.717, 1.165) is 25.3 Å². The van der Waals surface area contributed by atoms with Crippen molar-refractivity contribution in [3.63, 3.8) is 0 Å². The molecule has 0 saturated heterocycles. The van der Waals surface area contributed by atoms with Crippen molar-refractivity contribution >= 4 is 17.7 Å². The molecule has 3 N–H and O–H groups in total. The quantitative estimate of drug-likeness (QED) is 0.643. The van der Waals surface area contributed by atoms with Crippen LogP contribution in [0.5, 0.6) is 0 Å². The van der Waals surface area contributed by atoms with Crippen LogP contribution < -0.4 is 10.6 Å². The number of hydrogen-bond donors (Lipinski definition) is 3. The van der Waals surface area contributed by atoms with Gasteiger partial charge in [-0.2, -0.15) is 0 Å². The number of carbonyl (C=O) groups is 2. The standard InChI is InChI=1S/C14H19FN2O4/c1-21-9-4-2-3-8-16-14(20)17-11-7-5-6-10(15)12(11)13(18)19/h5-7H,2-4,8-9H2,1H3,(H,18,19)(H2,16,17,20). The molecule has 0 spiro atoms. The number of benzene rings is 1. The van der Waals surface area contributed by atoms with Crippen molar-refractivity contribution < 1.29 is 23.8 Å². The summed E-state index contributed by atoms with van der Waals surface area (Å²) in [6.07, 6.45) is 2.60. The molecule has 0 saturated carbocycles. The monoisotopic (exact) mass is 298 g/mol. The average Bonchev–Trinajstić information content (AvgIpc) is 2.42. The number of anilines is 1. The molecule has 0 atom stereocenters. The van der Waals surface area contributed by atoms with Crippen LogP contribution in [0.4, 0.5) is 14.9 Å². The smallest absolute Gasteiger partial charge is 0.340 e. The number of unbranched alkanes of at least 4 members (excludes halogenated alkanes) is 2. The first-order valence-corrected chi connectivity index (χ1v) is 6.62. The van der Waals surface area contributed by atoms with Gasteiger partial charge in [0.1, 0.15) is 11.4 Å². The molecule has 0 unspecified atom stereocenters. The summed E-state index contributed by atoms with van der Waals surface area (Å²) in [6, 6.07) is 3.14. The number of methoxy groups -OCH3 is 1. The van der Waals surface area contributed by atoms with E-state index in [4.69, 9.17) is 9.84 Å². The van der Waals surface area contributed by atoms with Gasteiger partial charge in [0.25, 0.3) is 0 Å². The second-order valence-corrected chi connectivity index (χ2v) is 4.40. The lowest BCUT2D eigenvalue weighted by molar-refractivity contribution is 0.0693. The maximum absolute atomic E-state index is 13.4. The average molecular weight is 298 g/mol. The molecule has 0 radical (unpaired) electrons. The first-order chi connectivity index (χ1) is 10.1. The molecule has 116 valence electrons. The number of carboxylic acid groups (broad SMARTS) is 1. The minimum atomic E-state index is -1.43. The SMILES string of the molecule is COCCCCCNC(=O)Nc1cccc(F)c1C(=O)O. The van der Waals surface area contributed by atoms with Crippen LogP contribution in [0.3, 0.4) is 0 Å². The highest BCUT2D eigenvalue weighted by atomic mass is 19.1. The van der Waals surface area contributed by atoms with Gasteiger partial charge in [-0.1, -0.05) is 6.07 Å². The highest BCUT2D eigenvalue weighted by Crippen LogP contribution is 2.18. The number of halogens is 1. The van der Waals surface area contributed by atoms with Crippen LogP contribution in [-0.4, -0.2) is 37.4 Å². The Balaban J connectivity index is 2.45. The molecule has 1 rings (SSSR count). The Hall–Kier alpha value is -2.15. The molecule has 1 aromatic carbocycles. The van der Waals surface area contributed by atoms with Gasteiger partial charge in [0, 0.05) is 20.3 Å². The van der Waals surface area contributed by atoms with Crippen LogP contribution in [-0.2, 0) is 4.74 Å². The Kier molecular flexibility index (Phi) is 7.17.